The summed E-state index contributed by atoms with van der Waals surface area (Å²) in [5.74, 6) is -0.317. The third kappa shape index (κ3) is 3.54. The number of aryl methyl sites for hydroxylation is 2. The molecule has 4 rings (SSSR count). The highest BCUT2D eigenvalue weighted by Gasteiger charge is 2.21. The van der Waals surface area contributed by atoms with Gasteiger partial charge >= 0.3 is 5.97 Å². The van der Waals surface area contributed by atoms with Gasteiger partial charge in [0.15, 0.2) is 4.77 Å². The summed E-state index contributed by atoms with van der Waals surface area (Å²) in [6.45, 7) is 2.80. The zero-order valence-electron chi connectivity index (χ0n) is 16.2. The van der Waals surface area contributed by atoms with Crippen LogP contribution in [0.3, 0.4) is 0 Å². The Morgan fingerprint density at radius 3 is 2.57 bits per heavy atom. The van der Waals surface area contributed by atoms with Gasteiger partial charge in [-0.25, -0.2) is 4.79 Å². The van der Waals surface area contributed by atoms with E-state index >= 15 is 0 Å². The highest BCUT2D eigenvalue weighted by molar-refractivity contribution is 7.71. The van der Waals surface area contributed by atoms with Gasteiger partial charge in [0, 0.05) is 17.9 Å². The minimum absolute atomic E-state index is 0.317. The Balaban J connectivity index is 1.57. The predicted molar refractivity (Wildman–Crippen MR) is 112 cm³/mol. The molecule has 0 amide bonds. The van der Waals surface area contributed by atoms with Gasteiger partial charge < -0.3 is 13.9 Å². The lowest BCUT2D eigenvalue weighted by Crippen LogP contribution is -2.18. The molecule has 0 saturated carbocycles. The molecule has 0 bridgehead atoms. The first-order valence-corrected chi connectivity index (χ1v) is 10.00. The van der Waals surface area contributed by atoms with E-state index in [-0.39, 0.29) is 5.97 Å². The fourth-order valence-corrected chi connectivity index (χ4v) is 4.44. The number of fused-ring (bicyclic) bond motifs is 1. The van der Waals surface area contributed by atoms with E-state index in [9.17, 15) is 4.79 Å². The third-order valence-corrected chi connectivity index (χ3v) is 6.06. The normalized spacial score (nSPS) is 15.9. The van der Waals surface area contributed by atoms with Crippen molar-refractivity contribution in [2.75, 3.05) is 7.11 Å². The molecule has 5 heteroatoms. The van der Waals surface area contributed by atoms with Gasteiger partial charge in [0.1, 0.15) is 0 Å². The van der Waals surface area contributed by atoms with Crippen LogP contribution < -0.4 is 0 Å². The summed E-state index contributed by atoms with van der Waals surface area (Å²) in [7, 11) is 1.39. The van der Waals surface area contributed by atoms with Crippen molar-refractivity contribution in [1.29, 1.82) is 0 Å². The lowest BCUT2D eigenvalue weighted by molar-refractivity contribution is 0.0600. The monoisotopic (exact) mass is 392 g/mol. The fourth-order valence-electron chi connectivity index (χ4n) is 4.03. The Kier molecular flexibility index (Phi) is 5.18. The second kappa shape index (κ2) is 7.76. The molecule has 4 nitrogen and oxygen atoms in total. The molecule has 28 heavy (non-hydrogen) atoms. The van der Waals surface area contributed by atoms with Crippen LogP contribution in [-0.4, -0.2) is 22.2 Å². The van der Waals surface area contributed by atoms with Crippen molar-refractivity contribution in [1.82, 2.24) is 9.13 Å². The fraction of sp³-hybridized carbons (Fsp3) is 0.304. The second-order valence-electron chi connectivity index (χ2n) is 7.40. The number of benzene rings is 2. The molecule has 144 valence electrons. The number of methoxy groups -OCH3 is 1. The van der Waals surface area contributed by atoms with Gasteiger partial charge in [-0.15, -0.1) is 0 Å². The van der Waals surface area contributed by atoms with Crippen LogP contribution in [0.4, 0.5) is 0 Å². The van der Waals surface area contributed by atoms with Crippen molar-refractivity contribution >= 4 is 18.2 Å². The van der Waals surface area contributed by atoms with Crippen molar-refractivity contribution in [3.63, 3.8) is 0 Å². The van der Waals surface area contributed by atoms with Crippen LogP contribution in [0.2, 0.25) is 0 Å². The van der Waals surface area contributed by atoms with E-state index in [1.165, 1.54) is 18.2 Å². The van der Waals surface area contributed by atoms with Gasteiger partial charge in [0.05, 0.1) is 19.2 Å². The van der Waals surface area contributed by atoms with Crippen LogP contribution >= 0.6 is 12.2 Å². The molecule has 3 aromatic rings. The minimum atomic E-state index is -0.317. The van der Waals surface area contributed by atoms with Crippen molar-refractivity contribution in [2.45, 2.75) is 38.8 Å². The van der Waals surface area contributed by atoms with Crippen LogP contribution in [0.5, 0.6) is 0 Å². The molecule has 0 fully saturated rings. The van der Waals surface area contributed by atoms with E-state index in [1.54, 1.807) is 12.1 Å². The maximum absolute atomic E-state index is 11.6. The maximum Gasteiger partial charge on any atom is 0.337 e. The minimum Gasteiger partial charge on any atom is -0.465 e. The summed E-state index contributed by atoms with van der Waals surface area (Å²) in [6.07, 6.45) is 5.43. The SMILES string of the molecule is COC(=O)c1ccc(Cn2c(C)cn(C3CCc4ccccc4C3)c2=S)cc1. The molecule has 0 radical (unpaired) electrons. The smallest absolute Gasteiger partial charge is 0.337 e. The molecule has 1 aliphatic carbocycles. The van der Waals surface area contributed by atoms with Gasteiger partial charge in [-0.3, -0.25) is 0 Å². The van der Waals surface area contributed by atoms with Crippen LogP contribution in [0.15, 0.2) is 54.7 Å². The summed E-state index contributed by atoms with van der Waals surface area (Å²) in [6, 6.07) is 16.6. The number of hydrogen-bond donors (Lipinski definition) is 0. The predicted octanol–water partition coefficient (Wildman–Crippen LogP) is 4.89. The van der Waals surface area contributed by atoms with Crippen molar-refractivity contribution < 1.29 is 9.53 Å². The average Bonchev–Trinajstić information content (AvgIpc) is 3.01. The number of ether oxygens (including phenoxy) is 1. The molecule has 1 unspecified atom stereocenters. The molecule has 1 aliphatic rings. The number of imidazole rings is 1. The summed E-state index contributed by atoms with van der Waals surface area (Å²) >= 11 is 5.83. The van der Waals surface area contributed by atoms with Crippen molar-refractivity contribution in [3.05, 3.63) is 87.4 Å². The van der Waals surface area contributed by atoms with Gasteiger partial charge in [-0.2, -0.15) is 0 Å². The first kappa shape index (κ1) is 18.7. The summed E-state index contributed by atoms with van der Waals surface area (Å²) in [5, 5.41) is 0. The van der Waals surface area contributed by atoms with Crippen molar-refractivity contribution in [3.8, 4) is 0 Å². The van der Waals surface area contributed by atoms with E-state index in [2.05, 4.69) is 46.5 Å². The van der Waals surface area contributed by atoms with E-state index in [4.69, 9.17) is 17.0 Å². The molecule has 0 aliphatic heterocycles. The summed E-state index contributed by atoms with van der Waals surface area (Å²) in [4.78, 5) is 11.6. The van der Waals surface area contributed by atoms with Crippen LogP contribution in [-0.2, 0) is 24.1 Å². The molecule has 2 aromatic carbocycles. The zero-order valence-corrected chi connectivity index (χ0v) is 17.0. The second-order valence-corrected chi connectivity index (χ2v) is 7.77. The number of hydrogen-bond acceptors (Lipinski definition) is 3. The largest absolute Gasteiger partial charge is 0.465 e. The Bertz CT molecular complexity index is 1060. The molecular weight excluding hydrogens is 368 g/mol. The Hall–Kier alpha value is -2.66. The molecule has 1 aromatic heterocycles. The lowest BCUT2D eigenvalue weighted by atomic mass is 9.88. The Morgan fingerprint density at radius 1 is 1.14 bits per heavy atom. The van der Waals surface area contributed by atoms with Gasteiger partial charge in [-0.1, -0.05) is 36.4 Å². The quantitative estimate of drug-likeness (QED) is 0.468. The third-order valence-electron chi connectivity index (χ3n) is 5.63. The Labute approximate surface area is 170 Å². The van der Waals surface area contributed by atoms with Crippen LogP contribution in [0, 0.1) is 11.7 Å². The first-order valence-electron chi connectivity index (χ1n) is 9.59. The Morgan fingerprint density at radius 2 is 1.86 bits per heavy atom. The molecule has 1 heterocycles. The highest BCUT2D eigenvalue weighted by Crippen LogP contribution is 2.30. The van der Waals surface area contributed by atoms with E-state index in [0.29, 0.717) is 18.2 Å². The first-order chi connectivity index (χ1) is 13.6. The van der Waals surface area contributed by atoms with Crippen LogP contribution in [0.1, 0.15) is 45.2 Å². The molecule has 0 spiro atoms. The molecule has 0 N–H and O–H groups in total. The highest BCUT2D eigenvalue weighted by atomic mass is 32.1. The van der Waals surface area contributed by atoms with E-state index < -0.39 is 0 Å². The maximum atomic E-state index is 11.6. The van der Waals surface area contributed by atoms with Crippen LogP contribution in [0.25, 0.3) is 0 Å². The van der Waals surface area contributed by atoms with E-state index in [1.807, 2.05) is 12.1 Å². The topological polar surface area (TPSA) is 36.2 Å². The summed E-state index contributed by atoms with van der Waals surface area (Å²) < 4.78 is 10.1. The van der Waals surface area contributed by atoms with E-state index in [0.717, 1.165) is 35.3 Å². The number of carbonyl (C=O) groups is 1. The molecule has 0 saturated heterocycles. The van der Waals surface area contributed by atoms with Crippen molar-refractivity contribution in [2.24, 2.45) is 0 Å². The number of aromatic nitrogens is 2. The average molecular weight is 393 g/mol. The zero-order chi connectivity index (χ0) is 19.7. The summed E-state index contributed by atoms with van der Waals surface area (Å²) in [5.41, 5.74) is 5.72. The van der Waals surface area contributed by atoms with Gasteiger partial charge in [0.25, 0.3) is 0 Å². The van der Waals surface area contributed by atoms with Gasteiger partial charge in [-0.05, 0) is 67.2 Å². The molecule has 1 atom stereocenters. The van der Waals surface area contributed by atoms with Gasteiger partial charge in [0.2, 0.25) is 0 Å². The molecular formula is C23H24N2O2S. The lowest BCUT2D eigenvalue weighted by Gasteiger charge is -2.25. The number of rotatable bonds is 4. The number of carbonyl (C=O) groups excluding carboxylic acids is 1. The number of nitrogens with zero attached hydrogens (tertiary/aromatic N) is 2. The number of esters is 1. The standard InChI is InChI=1S/C23H24N2O2S/c1-16-14-25(21-12-11-18-5-3-4-6-20(18)13-21)23(28)24(16)15-17-7-9-19(10-8-17)22(26)27-2/h3-10,14,21H,11-13,15H2,1-2H3.